The van der Waals surface area contributed by atoms with Gasteiger partial charge in [-0.2, -0.15) is 5.10 Å². The van der Waals surface area contributed by atoms with Crippen LogP contribution in [0.2, 0.25) is 0 Å². The standard InChI is InChI=1S/C17H14FN3/c1-13-11-17-19-16(9-10-21(17)20-13)8-3-2-5-14-6-4-7-15(18)12-14/h4,6-7,9-12H,3,8H2,1H3. The van der Waals surface area contributed by atoms with Gasteiger partial charge in [0.25, 0.3) is 0 Å². The molecule has 3 nitrogen and oxygen atoms in total. The average Bonchev–Trinajstić information content (AvgIpc) is 2.83. The van der Waals surface area contributed by atoms with Crippen LogP contribution >= 0.6 is 0 Å². The normalized spacial score (nSPS) is 10.4. The second kappa shape index (κ2) is 5.76. The molecule has 0 fully saturated rings. The minimum atomic E-state index is -0.259. The largest absolute Gasteiger partial charge is 0.234 e. The molecule has 1 aromatic carbocycles. The van der Waals surface area contributed by atoms with Gasteiger partial charge in [-0.05, 0) is 31.2 Å². The van der Waals surface area contributed by atoms with Gasteiger partial charge in [-0.15, -0.1) is 0 Å². The molecule has 2 heterocycles. The zero-order chi connectivity index (χ0) is 14.7. The maximum absolute atomic E-state index is 13.0. The summed E-state index contributed by atoms with van der Waals surface area (Å²) in [5.41, 5.74) is 3.48. The molecule has 21 heavy (non-hydrogen) atoms. The third-order valence-corrected chi connectivity index (χ3v) is 3.07. The SMILES string of the molecule is Cc1cc2nc(CCC#Cc3cccc(F)c3)ccn2n1. The highest BCUT2D eigenvalue weighted by Gasteiger charge is 2.00. The first-order valence-corrected chi connectivity index (χ1v) is 6.77. The summed E-state index contributed by atoms with van der Waals surface area (Å²) in [7, 11) is 0. The third-order valence-electron chi connectivity index (χ3n) is 3.07. The molecule has 0 atom stereocenters. The Morgan fingerprint density at radius 2 is 2.14 bits per heavy atom. The second-order valence-electron chi connectivity index (χ2n) is 4.82. The van der Waals surface area contributed by atoms with Crippen LogP contribution in [-0.2, 0) is 6.42 Å². The summed E-state index contributed by atoms with van der Waals surface area (Å²) in [4.78, 5) is 4.53. The molecule has 3 rings (SSSR count). The summed E-state index contributed by atoms with van der Waals surface area (Å²) in [5.74, 6) is 5.75. The van der Waals surface area contributed by atoms with Gasteiger partial charge in [0.15, 0.2) is 5.65 Å². The van der Waals surface area contributed by atoms with Crippen molar-refractivity contribution in [1.29, 1.82) is 0 Å². The fourth-order valence-corrected chi connectivity index (χ4v) is 2.10. The highest BCUT2D eigenvalue weighted by molar-refractivity contribution is 5.39. The molecule has 0 spiro atoms. The van der Waals surface area contributed by atoms with Crippen LogP contribution in [0.15, 0.2) is 42.6 Å². The fraction of sp³-hybridized carbons (Fsp3) is 0.176. The van der Waals surface area contributed by atoms with Gasteiger partial charge in [0.1, 0.15) is 5.82 Å². The lowest BCUT2D eigenvalue weighted by Gasteiger charge is -1.97. The van der Waals surface area contributed by atoms with E-state index in [2.05, 4.69) is 21.9 Å². The molecule has 2 aromatic heterocycles. The number of hydrogen-bond acceptors (Lipinski definition) is 2. The van der Waals surface area contributed by atoms with Crippen molar-refractivity contribution in [2.24, 2.45) is 0 Å². The van der Waals surface area contributed by atoms with Gasteiger partial charge in [0, 0.05) is 36.4 Å². The van der Waals surface area contributed by atoms with Crippen LogP contribution in [0.1, 0.15) is 23.4 Å². The quantitative estimate of drug-likeness (QED) is 0.674. The van der Waals surface area contributed by atoms with Gasteiger partial charge >= 0.3 is 0 Å². The topological polar surface area (TPSA) is 30.2 Å². The van der Waals surface area contributed by atoms with Gasteiger partial charge in [-0.25, -0.2) is 13.9 Å². The Morgan fingerprint density at radius 1 is 1.24 bits per heavy atom. The lowest BCUT2D eigenvalue weighted by Crippen LogP contribution is -1.94. The minimum Gasteiger partial charge on any atom is -0.234 e. The molecule has 0 aliphatic rings. The van der Waals surface area contributed by atoms with E-state index in [1.807, 2.05) is 25.3 Å². The van der Waals surface area contributed by atoms with Crippen LogP contribution < -0.4 is 0 Å². The summed E-state index contributed by atoms with van der Waals surface area (Å²) < 4.78 is 14.8. The van der Waals surface area contributed by atoms with Crippen LogP contribution in [0, 0.1) is 24.6 Å². The maximum Gasteiger partial charge on any atom is 0.155 e. The van der Waals surface area contributed by atoms with Crippen LogP contribution in [0.4, 0.5) is 4.39 Å². The van der Waals surface area contributed by atoms with Crippen molar-refractivity contribution < 1.29 is 4.39 Å². The Balaban J connectivity index is 1.67. The Bertz CT molecular complexity index is 840. The van der Waals surface area contributed by atoms with Crippen molar-refractivity contribution in [3.63, 3.8) is 0 Å². The number of rotatable bonds is 2. The molecule has 0 saturated heterocycles. The highest BCUT2D eigenvalue weighted by atomic mass is 19.1. The van der Waals surface area contributed by atoms with E-state index in [0.717, 1.165) is 23.5 Å². The van der Waals surface area contributed by atoms with Crippen molar-refractivity contribution in [1.82, 2.24) is 14.6 Å². The molecule has 0 aliphatic carbocycles. The van der Waals surface area contributed by atoms with Crippen molar-refractivity contribution in [3.8, 4) is 11.8 Å². The first-order valence-electron chi connectivity index (χ1n) is 6.77. The zero-order valence-electron chi connectivity index (χ0n) is 11.7. The predicted octanol–water partition coefficient (Wildman–Crippen LogP) is 3.16. The lowest BCUT2D eigenvalue weighted by atomic mass is 10.2. The molecule has 0 amide bonds. The summed E-state index contributed by atoms with van der Waals surface area (Å²) in [6.07, 6.45) is 3.36. The zero-order valence-corrected chi connectivity index (χ0v) is 11.7. The number of halogens is 1. The first kappa shape index (κ1) is 13.3. The number of benzene rings is 1. The van der Waals surface area contributed by atoms with Gasteiger partial charge in [-0.3, -0.25) is 0 Å². The van der Waals surface area contributed by atoms with Gasteiger partial charge < -0.3 is 0 Å². The summed E-state index contributed by atoms with van der Waals surface area (Å²) >= 11 is 0. The van der Waals surface area contributed by atoms with Crippen molar-refractivity contribution in [2.75, 3.05) is 0 Å². The molecule has 0 bridgehead atoms. The molecular weight excluding hydrogens is 265 g/mol. The molecular formula is C17H14FN3. The highest BCUT2D eigenvalue weighted by Crippen LogP contribution is 2.06. The summed E-state index contributed by atoms with van der Waals surface area (Å²) in [6.45, 7) is 1.94. The molecule has 0 radical (unpaired) electrons. The molecule has 3 aromatic rings. The van der Waals surface area contributed by atoms with Crippen molar-refractivity contribution in [3.05, 3.63) is 65.4 Å². The van der Waals surface area contributed by atoms with E-state index in [-0.39, 0.29) is 5.82 Å². The number of aryl methyl sites for hydroxylation is 2. The second-order valence-corrected chi connectivity index (χ2v) is 4.82. The maximum atomic E-state index is 13.0. The van der Waals surface area contributed by atoms with E-state index in [0.29, 0.717) is 12.0 Å². The van der Waals surface area contributed by atoms with Crippen molar-refractivity contribution >= 4 is 5.65 Å². The Hall–Kier alpha value is -2.67. The lowest BCUT2D eigenvalue weighted by molar-refractivity contribution is 0.627. The van der Waals surface area contributed by atoms with Crippen LogP contribution in [0.3, 0.4) is 0 Å². The average molecular weight is 279 g/mol. The summed E-state index contributed by atoms with van der Waals surface area (Å²) in [5, 5.41) is 4.29. The van der Waals surface area contributed by atoms with E-state index in [4.69, 9.17) is 0 Å². The number of nitrogens with zero attached hydrogens (tertiary/aromatic N) is 3. The monoisotopic (exact) mass is 279 g/mol. The van der Waals surface area contributed by atoms with Gasteiger partial charge in [0.05, 0.1) is 5.69 Å². The molecule has 0 unspecified atom stereocenters. The van der Waals surface area contributed by atoms with Gasteiger partial charge in [0.2, 0.25) is 0 Å². The number of fused-ring (bicyclic) bond motifs is 1. The Labute approximate surface area is 122 Å². The van der Waals surface area contributed by atoms with E-state index < -0.39 is 0 Å². The number of hydrogen-bond donors (Lipinski definition) is 0. The van der Waals surface area contributed by atoms with Crippen LogP contribution in [-0.4, -0.2) is 14.6 Å². The van der Waals surface area contributed by atoms with Crippen molar-refractivity contribution in [2.45, 2.75) is 19.8 Å². The Morgan fingerprint density at radius 3 is 3.00 bits per heavy atom. The molecule has 104 valence electrons. The van der Waals surface area contributed by atoms with Gasteiger partial charge in [-0.1, -0.05) is 17.9 Å². The minimum absolute atomic E-state index is 0.259. The van der Waals surface area contributed by atoms with Crippen LogP contribution in [0.5, 0.6) is 0 Å². The van der Waals surface area contributed by atoms with E-state index in [1.165, 1.54) is 12.1 Å². The van der Waals surface area contributed by atoms with E-state index in [9.17, 15) is 4.39 Å². The number of aromatic nitrogens is 3. The summed E-state index contributed by atoms with van der Waals surface area (Å²) in [6, 6.07) is 10.2. The first-order chi connectivity index (χ1) is 10.2. The van der Waals surface area contributed by atoms with E-state index in [1.54, 1.807) is 16.6 Å². The molecule has 0 N–H and O–H groups in total. The molecule has 0 saturated carbocycles. The van der Waals surface area contributed by atoms with Crippen LogP contribution in [0.25, 0.3) is 5.65 Å². The molecule has 4 heteroatoms. The third kappa shape index (κ3) is 3.26. The molecule has 0 aliphatic heterocycles. The Kier molecular flexibility index (Phi) is 3.65. The smallest absolute Gasteiger partial charge is 0.155 e. The van der Waals surface area contributed by atoms with E-state index >= 15 is 0 Å². The fourth-order valence-electron chi connectivity index (χ4n) is 2.10. The predicted molar refractivity (Wildman–Crippen MR) is 79.3 cm³/mol.